The Bertz CT molecular complexity index is 524. The molecule has 0 saturated carbocycles. The highest BCUT2D eigenvalue weighted by atomic mass is 16.5. The molecule has 0 saturated heterocycles. The standard InChI is InChI=1S/C15H20N2O3/c1-4-15(2,20-3)14(19)17-9-11-7-5-6-8-12(11)16-13(18)10-17/h5-8H,4,9-10H2,1-3H3,(H,16,18). The Kier molecular flexibility index (Phi) is 4.09. The molecule has 2 rings (SSSR count). The monoisotopic (exact) mass is 276 g/mol. The minimum atomic E-state index is -0.889. The Hall–Kier alpha value is -1.88. The number of anilines is 1. The number of hydrogen-bond donors (Lipinski definition) is 1. The van der Waals surface area contributed by atoms with Gasteiger partial charge in [-0.25, -0.2) is 0 Å². The summed E-state index contributed by atoms with van der Waals surface area (Å²) in [6.07, 6.45) is 0.558. The summed E-state index contributed by atoms with van der Waals surface area (Å²) in [5.41, 5.74) is 0.809. The maximum absolute atomic E-state index is 12.6. The Morgan fingerprint density at radius 3 is 2.75 bits per heavy atom. The van der Waals surface area contributed by atoms with Crippen LogP contribution in [0.15, 0.2) is 24.3 Å². The smallest absolute Gasteiger partial charge is 0.255 e. The van der Waals surface area contributed by atoms with E-state index in [1.807, 2.05) is 31.2 Å². The van der Waals surface area contributed by atoms with E-state index in [1.165, 1.54) is 7.11 Å². The van der Waals surface area contributed by atoms with Crippen LogP contribution in [-0.2, 0) is 20.9 Å². The molecule has 1 heterocycles. The second kappa shape index (κ2) is 5.63. The van der Waals surface area contributed by atoms with Gasteiger partial charge in [0.15, 0.2) is 0 Å². The maximum atomic E-state index is 12.6. The minimum absolute atomic E-state index is 0.0481. The molecule has 0 radical (unpaired) electrons. The molecule has 1 aliphatic heterocycles. The summed E-state index contributed by atoms with van der Waals surface area (Å²) in [5, 5.41) is 2.82. The molecule has 20 heavy (non-hydrogen) atoms. The molecule has 2 amide bonds. The fourth-order valence-electron chi connectivity index (χ4n) is 2.27. The molecule has 5 heteroatoms. The van der Waals surface area contributed by atoms with Gasteiger partial charge in [0.25, 0.3) is 5.91 Å². The predicted molar refractivity (Wildman–Crippen MR) is 76.2 cm³/mol. The van der Waals surface area contributed by atoms with Gasteiger partial charge in [0.1, 0.15) is 12.1 Å². The van der Waals surface area contributed by atoms with Crippen LogP contribution in [0.1, 0.15) is 25.8 Å². The van der Waals surface area contributed by atoms with Crippen LogP contribution in [0, 0.1) is 0 Å². The second-order valence-corrected chi connectivity index (χ2v) is 5.16. The van der Waals surface area contributed by atoms with Gasteiger partial charge in [-0.3, -0.25) is 9.59 Å². The number of rotatable bonds is 3. The molecule has 0 aromatic heterocycles. The third-order valence-electron chi connectivity index (χ3n) is 3.85. The molecular weight excluding hydrogens is 256 g/mol. The average Bonchev–Trinajstić information content (AvgIpc) is 2.63. The lowest BCUT2D eigenvalue weighted by Crippen LogP contribution is -2.49. The van der Waals surface area contributed by atoms with E-state index in [-0.39, 0.29) is 18.4 Å². The fourth-order valence-corrected chi connectivity index (χ4v) is 2.27. The average molecular weight is 276 g/mol. The van der Waals surface area contributed by atoms with Crippen molar-refractivity contribution < 1.29 is 14.3 Å². The van der Waals surface area contributed by atoms with E-state index in [0.717, 1.165) is 11.3 Å². The van der Waals surface area contributed by atoms with Crippen molar-refractivity contribution in [2.75, 3.05) is 19.0 Å². The molecule has 0 spiro atoms. The van der Waals surface area contributed by atoms with Crippen molar-refractivity contribution in [3.05, 3.63) is 29.8 Å². The number of amides is 2. The second-order valence-electron chi connectivity index (χ2n) is 5.16. The molecular formula is C15H20N2O3. The third-order valence-corrected chi connectivity index (χ3v) is 3.85. The molecule has 0 aliphatic carbocycles. The highest BCUT2D eigenvalue weighted by Gasteiger charge is 2.36. The van der Waals surface area contributed by atoms with E-state index in [0.29, 0.717) is 13.0 Å². The summed E-state index contributed by atoms with van der Waals surface area (Å²) in [5.74, 6) is -0.341. The predicted octanol–water partition coefficient (Wildman–Crippen LogP) is 1.78. The lowest BCUT2D eigenvalue weighted by molar-refractivity contribution is -0.155. The van der Waals surface area contributed by atoms with E-state index < -0.39 is 5.60 Å². The number of benzene rings is 1. The molecule has 1 aliphatic rings. The van der Waals surface area contributed by atoms with Crippen molar-refractivity contribution in [1.29, 1.82) is 0 Å². The van der Waals surface area contributed by atoms with Gasteiger partial charge in [0.05, 0.1) is 0 Å². The summed E-state index contributed by atoms with van der Waals surface area (Å²) in [7, 11) is 1.52. The lowest BCUT2D eigenvalue weighted by Gasteiger charge is -2.31. The van der Waals surface area contributed by atoms with Crippen LogP contribution in [0.25, 0.3) is 0 Å². The molecule has 108 valence electrons. The molecule has 1 aromatic rings. The Labute approximate surface area is 118 Å². The van der Waals surface area contributed by atoms with Crippen molar-refractivity contribution in [1.82, 2.24) is 4.90 Å². The van der Waals surface area contributed by atoms with Gasteiger partial charge >= 0.3 is 0 Å². The molecule has 0 bridgehead atoms. The number of hydrogen-bond acceptors (Lipinski definition) is 3. The van der Waals surface area contributed by atoms with Crippen LogP contribution in [0.3, 0.4) is 0 Å². The first-order valence-electron chi connectivity index (χ1n) is 6.72. The minimum Gasteiger partial charge on any atom is -0.369 e. The Balaban J connectivity index is 2.30. The van der Waals surface area contributed by atoms with E-state index >= 15 is 0 Å². The number of nitrogens with one attached hydrogen (secondary N) is 1. The topological polar surface area (TPSA) is 58.6 Å². The van der Waals surface area contributed by atoms with Crippen LogP contribution in [-0.4, -0.2) is 36.0 Å². The van der Waals surface area contributed by atoms with Crippen molar-refractivity contribution in [2.45, 2.75) is 32.4 Å². The van der Waals surface area contributed by atoms with Crippen LogP contribution < -0.4 is 5.32 Å². The first kappa shape index (κ1) is 14.5. The Morgan fingerprint density at radius 1 is 1.40 bits per heavy atom. The highest BCUT2D eigenvalue weighted by Crippen LogP contribution is 2.24. The number of fused-ring (bicyclic) bond motifs is 1. The van der Waals surface area contributed by atoms with Crippen LogP contribution in [0.5, 0.6) is 0 Å². The summed E-state index contributed by atoms with van der Waals surface area (Å²) < 4.78 is 5.34. The quantitative estimate of drug-likeness (QED) is 0.915. The zero-order chi connectivity index (χ0) is 14.8. The molecule has 5 nitrogen and oxygen atoms in total. The molecule has 1 aromatic carbocycles. The third kappa shape index (κ3) is 2.67. The zero-order valence-corrected chi connectivity index (χ0v) is 12.1. The number of carbonyl (C=O) groups is 2. The molecule has 0 fully saturated rings. The van der Waals surface area contributed by atoms with Gasteiger partial charge < -0.3 is 15.0 Å². The normalized spacial score (nSPS) is 17.8. The molecule has 1 unspecified atom stereocenters. The largest absolute Gasteiger partial charge is 0.369 e. The van der Waals surface area contributed by atoms with Crippen molar-refractivity contribution >= 4 is 17.5 Å². The van der Waals surface area contributed by atoms with Gasteiger partial charge in [-0.05, 0) is 25.0 Å². The SMILES string of the molecule is CCC(C)(OC)C(=O)N1CC(=O)Nc2ccccc2C1. The van der Waals surface area contributed by atoms with Crippen molar-refractivity contribution in [3.63, 3.8) is 0 Å². The van der Waals surface area contributed by atoms with Crippen LogP contribution in [0.2, 0.25) is 0 Å². The molecule has 1 atom stereocenters. The maximum Gasteiger partial charge on any atom is 0.255 e. The Morgan fingerprint density at radius 2 is 2.10 bits per heavy atom. The summed E-state index contributed by atoms with van der Waals surface area (Å²) in [6.45, 7) is 4.11. The first-order valence-corrected chi connectivity index (χ1v) is 6.72. The van der Waals surface area contributed by atoms with Crippen LogP contribution >= 0.6 is 0 Å². The summed E-state index contributed by atoms with van der Waals surface area (Å²) in [4.78, 5) is 26.1. The molecule has 1 N–H and O–H groups in total. The van der Waals surface area contributed by atoms with Gasteiger partial charge in [-0.2, -0.15) is 0 Å². The van der Waals surface area contributed by atoms with Gasteiger partial charge in [-0.1, -0.05) is 25.1 Å². The van der Waals surface area contributed by atoms with E-state index in [2.05, 4.69) is 5.32 Å². The zero-order valence-electron chi connectivity index (χ0n) is 12.1. The van der Waals surface area contributed by atoms with E-state index in [9.17, 15) is 9.59 Å². The van der Waals surface area contributed by atoms with E-state index in [1.54, 1.807) is 11.8 Å². The first-order chi connectivity index (χ1) is 9.50. The van der Waals surface area contributed by atoms with Gasteiger partial charge in [0, 0.05) is 19.3 Å². The highest BCUT2D eigenvalue weighted by molar-refractivity contribution is 5.97. The number of carbonyl (C=O) groups excluding carboxylic acids is 2. The van der Waals surface area contributed by atoms with Crippen molar-refractivity contribution in [3.8, 4) is 0 Å². The number of para-hydroxylation sites is 1. The summed E-state index contributed by atoms with van der Waals surface area (Å²) >= 11 is 0. The van der Waals surface area contributed by atoms with E-state index in [4.69, 9.17) is 4.74 Å². The fraction of sp³-hybridized carbons (Fsp3) is 0.467. The van der Waals surface area contributed by atoms with Gasteiger partial charge in [0.2, 0.25) is 5.91 Å². The number of nitrogens with zero attached hydrogens (tertiary/aromatic N) is 1. The number of methoxy groups -OCH3 is 1. The van der Waals surface area contributed by atoms with Crippen LogP contribution in [0.4, 0.5) is 5.69 Å². The summed E-state index contributed by atoms with van der Waals surface area (Å²) in [6, 6.07) is 7.52. The van der Waals surface area contributed by atoms with Gasteiger partial charge in [-0.15, -0.1) is 0 Å². The number of ether oxygens (including phenoxy) is 1. The van der Waals surface area contributed by atoms with Crippen molar-refractivity contribution in [2.24, 2.45) is 0 Å². The lowest BCUT2D eigenvalue weighted by atomic mass is 10.0.